The van der Waals surface area contributed by atoms with Crippen molar-refractivity contribution >= 4 is 5.97 Å². The SMILES string of the molecule is COC1COCCC1N[C@@H]1CC[C@@](C(=O)OCc2ccccc2)(C(C)C)C1. The number of esters is 1. The van der Waals surface area contributed by atoms with E-state index in [0.29, 0.717) is 19.3 Å². The molecule has 5 nitrogen and oxygen atoms in total. The van der Waals surface area contributed by atoms with Crippen molar-refractivity contribution in [1.82, 2.24) is 5.32 Å². The zero-order valence-electron chi connectivity index (χ0n) is 16.8. The molecule has 2 unspecified atom stereocenters. The number of hydrogen-bond donors (Lipinski definition) is 1. The lowest BCUT2D eigenvalue weighted by Crippen LogP contribution is -2.51. The lowest BCUT2D eigenvalue weighted by Gasteiger charge is -2.35. The lowest BCUT2D eigenvalue weighted by atomic mass is 9.75. The molecule has 150 valence electrons. The largest absolute Gasteiger partial charge is 0.460 e. The molecule has 1 saturated heterocycles. The van der Waals surface area contributed by atoms with E-state index in [4.69, 9.17) is 14.2 Å². The number of rotatable bonds is 7. The van der Waals surface area contributed by atoms with Crippen molar-refractivity contribution in [3.8, 4) is 0 Å². The van der Waals surface area contributed by atoms with Crippen molar-refractivity contribution < 1.29 is 19.0 Å². The molecule has 1 aliphatic heterocycles. The minimum Gasteiger partial charge on any atom is -0.460 e. The zero-order valence-corrected chi connectivity index (χ0v) is 16.8. The Hall–Kier alpha value is -1.43. The molecule has 0 amide bonds. The molecule has 1 N–H and O–H groups in total. The van der Waals surface area contributed by atoms with E-state index in [1.807, 2.05) is 30.3 Å². The minimum atomic E-state index is -0.403. The summed E-state index contributed by atoms with van der Waals surface area (Å²) in [7, 11) is 1.74. The molecular weight excluding hydrogens is 342 g/mol. The second-order valence-electron chi connectivity index (χ2n) is 8.22. The Morgan fingerprint density at radius 3 is 2.78 bits per heavy atom. The third-order valence-corrected chi connectivity index (χ3v) is 6.33. The van der Waals surface area contributed by atoms with Crippen LogP contribution in [-0.2, 0) is 25.6 Å². The van der Waals surface area contributed by atoms with Crippen LogP contribution in [0.4, 0.5) is 0 Å². The fourth-order valence-corrected chi connectivity index (χ4v) is 4.47. The molecule has 0 aromatic heterocycles. The minimum absolute atomic E-state index is 0.0547. The van der Waals surface area contributed by atoms with Gasteiger partial charge in [0.2, 0.25) is 0 Å². The predicted octanol–water partition coefficient (Wildman–Crippen LogP) is 3.32. The highest BCUT2D eigenvalue weighted by atomic mass is 16.5. The molecule has 27 heavy (non-hydrogen) atoms. The van der Waals surface area contributed by atoms with E-state index in [-0.39, 0.29) is 24.0 Å². The average Bonchev–Trinajstić information content (AvgIpc) is 3.13. The molecule has 0 bridgehead atoms. The molecule has 3 rings (SSSR count). The van der Waals surface area contributed by atoms with Gasteiger partial charge < -0.3 is 19.5 Å². The Labute approximate surface area is 162 Å². The second-order valence-corrected chi connectivity index (χ2v) is 8.22. The molecule has 2 aliphatic rings. The van der Waals surface area contributed by atoms with Crippen LogP contribution in [0.15, 0.2) is 30.3 Å². The van der Waals surface area contributed by atoms with Crippen molar-refractivity contribution in [3.05, 3.63) is 35.9 Å². The first-order valence-electron chi connectivity index (χ1n) is 10.1. The molecule has 1 saturated carbocycles. The van der Waals surface area contributed by atoms with Crippen LogP contribution in [0.5, 0.6) is 0 Å². The Morgan fingerprint density at radius 2 is 2.07 bits per heavy atom. The van der Waals surface area contributed by atoms with E-state index in [0.717, 1.165) is 37.9 Å². The summed E-state index contributed by atoms with van der Waals surface area (Å²) < 4.78 is 16.8. The van der Waals surface area contributed by atoms with E-state index >= 15 is 0 Å². The van der Waals surface area contributed by atoms with Crippen molar-refractivity contribution in [1.29, 1.82) is 0 Å². The van der Waals surface area contributed by atoms with Crippen LogP contribution in [-0.4, -0.2) is 44.5 Å². The van der Waals surface area contributed by atoms with Gasteiger partial charge in [0.1, 0.15) is 6.61 Å². The van der Waals surface area contributed by atoms with Crippen LogP contribution in [0.25, 0.3) is 0 Å². The number of ether oxygens (including phenoxy) is 3. The third kappa shape index (κ3) is 4.71. The highest BCUT2D eigenvalue weighted by molar-refractivity contribution is 5.77. The highest BCUT2D eigenvalue weighted by Gasteiger charge is 2.49. The summed E-state index contributed by atoms with van der Waals surface area (Å²) in [5, 5.41) is 3.74. The molecule has 1 aromatic carbocycles. The predicted molar refractivity (Wildman–Crippen MR) is 104 cm³/mol. The summed E-state index contributed by atoms with van der Waals surface area (Å²) in [5.74, 6) is 0.196. The first-order valence-corrected chi connectivity index (χ1v) is 10.1. The summed E-state index contributed by atoms with van der Waals surface area (Å²) in [6, 6.07) is 10.5. The average molecular weight is 376 g/mol. The van der Waals surface area contributed by atoms with Gasteiger partial charge in [-0.3, -0.25) is 4.79 Å². The van der Waals surface area contributed by atoms with Crippen LogP contribution in [0.3, 0.4) is 0 Å². The fourth-order valence-electron chi connectivity index (χ4n) is 4.47. The number of benzene rings is 1. The van der Waals surface area contributed by atoms with Gasteiger partial charge >= 0.3 is 5.97 Å². The van der Waals surface area contributed by atoms with Crippen LogP contribution >= 0.6 is 0 Å². The molecule has 2 fully saturated rings. The van der Waals surface area contributed by atoms with Crippen LogP contribution in [0, 0.1) is 11.3 Å². The molecule has 1 heterocycles. The van der Waals surface area contributed by atoms with Gasteiger partial charge in [0.15, 0.2) is 0 Å². The Morgan fingerprint density at radius 1 is 1.30 bits per heavy atom. The van der Waals surface area contributed by atoms with Gasteiger partial charge in [-0.25, -0.2) is 0 Å². The maximum Gasteiger partial charge on any atom is 0.312 e. The number of hydrogen-bond acceptors (Lipinski definition) is 5. The number of carbonyl (C=O) groups is 1. The summed E-state index contributed by atoms with van der Waals surface area (Å²) in [4.78, 5) is 13.0. The van der Waals surface area contributed by atoms with Gasteiger partial charge in [0, 0.05) is 25.8 Å². The van der Waals surface area contributed by atoms with Crippen molar-refractivity contribution in [2.24, 2.45) is 11.3 Å². The molecule has 4 atom stereocenters. The summed E-state index contributed by atoms with van der Waals surface area (Å²) in [6.07, 6.45) is 3.72. The molecule has 0 radical (unpaired) electrons. The molecule has 0 spiro atoms. The zero-order chi connectivity index (χ0) is 19.3. The maximum atomic E-state index is 13.0. The number of carbonyl (C=O) groups excluding carboxylic acids is 1. The van der Waals surface area contributed by atoms with Crippen molar-refractivity contribution in [3.63, 3.8) is 0 Å². The molecule has 1 aromatic rings. The maximum absolute atomic E-state index is 13.0. The molecule has 5 heteroatoms. The Kier molecular flexibility index (Phi) is 6.90. The van der Waals surface area contributed by atoms with Gasteiger partial charge in [-0.2, -0.15) is 0 Å². The second kappa shape index (κ2) is 9.18. The summed E-state index contributed by atoms with van der Waals surface area (Å²) >= 11 is 0. The topological polar surface area (TPSA) is 56.8 Å². The monoisotopic (exact) mass is 375 g/mol. The normalized spacial score (nSPS) is 31.2. The van der Waals surface area contributed by atoms with Crippen LogP contribution < -0.4 is 5.32 Å². The number of nitrogens with one attached hydrogen (secondary N) is 1. The summed E-state index contributed by atoms with van der Waals surface area (Å²) in [6.45, 7) is 6.02. The van der Waals surface area contributed by atoms with Crippen LogP contribution in [0.1, 0.15) is 45.1 Å². The molecular formula is C22H33NO4. The quantitative estimate of drug-likeness (QED) is 0.741. The summed E-state index contributed by atoms with van der Waals surface area (Å²) in [5.41, 5.74) is 0.628. The Bertz CT molecular complexity index is 606. The van der Waals surface area contributed by atoms with Crippen molar-refractivity contribution in [2.75, 3.05) is 20.3 Å². The number of methoxy groups -OCH3 is 1. The van der Waals surface area contributed by atoms with E-state index in [2.05, 4.69) is 19.2 Å². The first kappa shape index (κ1) is 20.3. The first-order chi connectivity index (χ1) is 13.0. The van der Waals surface area contributed by atoms with E-state index in [1.54, 1.807) is 7.11 Å². The van der Waals surface area contributed by atoms with Gasteiger partial charge in [-0.1, -0.05) is 44.2 Å². The molecule has 1 aliphatic carbocycles. The van der Waals surface area contributed by atoms with E-state index in [9.17, 15) is 4.79 Å². The van der Waals surface area contributed by atoms with Crippen LogP contribution in [0.2, 0.25) is 0 Å². The standard InChI is InChI=1S/C22H33NO4/c1-16(2)22(21(24)27-14-17-7-5-4-6-8-17)11-9-18(13-22)23-19-10-12-26-15-20(19)25-3/h4-8,16,18-20,23H,9-15H2,1-3H3/t18-,19?,20?,22+/m1/s1. The van der Waals surface area contributed by atoms with Crippen molar-refractivity contribution in [2.45, 2.75) is 64.3 Å². The Balaban J connectivity index is 1.60. The third-order valence-electron chi connectivity index (χ3n) is 6.33. The van der Waals surface area contributed by atoms with E-state index < -0.39 is 5.41 Å². The smallest absolute Gasteiger partial charge is 0.312 e. The lowest BCUT2D eigenvalue weighted by molar-refractivity contribution is -0.160. The van der Waals surface area contributed by atoms with Gasteiger partial charge in [0.05, 0.1) is 18.1 Å². The highest BCUT2D eigenvalue weighted by Crippen LogP contribution is 2.46. The van der Waals surface area contributed by atoms with Gasteiger partial charge in [0.25, 0.3) is 0 Å². The fraction of sp³-hybridized carbons (Fsp3) is 0.682. The van der Waals surface area contributed by atoms with Gasteiger partial charge in [-0.05, 0) is 37.2 Å². The van der Waals surface area contributed by atoms with Gasteiger partial charge in [-0.15, -0.1) is 0 Å². The van der Waals surface area contributed by atoms with E-state index in [1.165, 1.54) is 0 Å².